The Morgan fingerprint density at radius 2 is 2.31 bits per heavy atom. The molecule has 0 aliphatic rings. The molecule has 3 heteroatoms. The molecule has 3 nitrogen and oxygen atoms in total. The van der Waals surface area contributed by atoms with Gasteiger partial charge in [0.25, 0.3) is 0 Å². The van der Waals surface area contributed by atoms with E-state index < -0.39 is 0 Å². The van der Waals surface area contributed by atoms with Crippen molar-refractivity contribution in [3.05, 3.63) is 29.6 Å². The van der Waals surface area contributed by atoms with Crippen LogP contribution >= 0.6 is 0 Å². The zero-order chi connectivity index (χ0) is 9.68. The molecule has 1 rings (SSSR count). The smallest absolute Gasteiger partial charge is 0.0448 e. The van der Waals surface area contributed by atoms with Gasteiger partial charge in [0.05, 0.1) is 0 Å². The van der Waals surface area contributed by atoms with E-state index in [-0.39, 0.29) is 12.5 Å². The fraction of sp³-hybridized carbons (Fsp3) is 0.500. The molecule has 0 saturated heterocycles. The van der Waals surface area contributed by atoms with Crippen molar-refractivity contribution in [2.24, 2.45) is 5.73 Å². The highest BCUT2D eigenvalue weighted by molar-refractivity contribution is 5.15. The van der Waals surface area contributed by atoms with Gasteiger partial charge >= 0.3 is 0 Å². The van der Waals surface area contributed by atoms with Crippen molar-refractivity contribution < 1.29 is 5.11 Å². The first-order valence-electron chi connectivity index (χ1n) is 4.51. The quantitative estimate of drug-likeness (QED) is 0.721. The number of aromatic nitrogens is 1. The summed E-state index contributed by atoms with van der Waals surface area (Å²) in [5, 5.41) is 8.80. The largest absolute Gasteiger partial charge is 0.396 e. The average molecular weight is 180 g/mol. The molecule has 1 heterocycles. The molecule has 0 amide bonds. The molecule has 0 aliphatic heterocycles. The molecule has 3 N–H and O–H groups in total. The number of aliphatic hydroxyl groups excluding tert-OH is 1. The molecule has 0 saturated carbocycles. The first-order chi connectivity index (χ1) is 6.27. The number of aryl methyl sites for hydroxylation is 1. The van der Waals surface area contributed by atoms with Gasteiger partial charge in [-0.15, -0.1) is 0 Å². The first kappa shape index (κ1) is 10.2. The lowest BCUT2D eigenvalue weighted by Crippen LogP contribution is -2.15. The first-order valence-corrected chi connectivity index (χ1v) is 4.51. The highest BCUT2D eigenvalue weighted by Crippen LogP contribution is 2.15. The fourth-order valence-corrected chi connectivity index (χ4v) is 1.26. The van der Waals surface area contributed by atoms with Crippen LogP contribution in [0.5, 0.6) is 0 Å². The van der Waals surface area contributed by atoms with Crippen LogP contribution < -0.4 is 5.73 Å². The lowest BCUT2D eigenvalue weighted by atomic mass is 10.0. The Hall–Kier alpha value is -0.930. The monoisotopic (exact) mass is 180 g/mol. The van der Waals surface area contributed by atoms with Gasteiger partial charge < -0.3 is 10.8 Å². The van der Waals surface area contributed by atoms with Crippen LogP contribution in [-0.2, 0) is 0 Å². The SMILES string of the molecule is Cc1ccc(C(CN)CCO)nc1. The van der Waals surface area contributed by atoms with Gasteiger partial charge in [-0.2, -0.15) is 0 Å². The van der Waals surface area contributed by atoms with E-state index in [0.29, 0.717) is 13.0 Å². The molecule has 0 radical (unpaired) electrons. The van der Waals surface area contributed by atoms with Gasteiger partial charge in [0, 0.05) is 31.0 Å². The van der Waals surface area contributed by atoms with Crippen LogP contribution in [0.4, 0.5) is 0 Å². The number of hydrogen-bond acceptors (Lipinski definition) is 3. The van der Waals surface area contributed by atoms with Crippen molar-refractivity contribution in [1.82, 2.24) is 4.98 Å². The Morgan fingerprint density at radius 1 is 1.54 bits per heavy atom. The third kappa shape index (κ3) is 2.79. The van der Waals surface area contributed by atoms with Crippen molar-refractivity contribution in [2.75, 3.05) is 13.2 Å². The summed E-state index contributed by atoms with van der Waals surface area (Å²) in [7, 11) is 0. The second kappa shape index (κ2) is 4.94. The molecule has 0 aliphatic carbocycles. The van der Waals surface area contributed by atoms with Crippen LogP contribution in [0.1, 0.15) is 23.6 Å². The maximum atomic E-state index is 8.80. The van der Waals surface area contributed by atoms with Gasteiger partial charge in [0.15, 0.2) is 0 Å². The van der Waals surface area contributed by atoms with Crippen LogP contribution in [0.25, 0.3) is 0 Å². The summed E-state index contributed by atoms with van der Waals surface area (Å²) in [5.41, 5.74) is 7.69. The predicted octanol–water partition coefficient (Wildman–Crippen LogP) is 0.815. The molecule has 0 bridgehead atoms. The summed E-state index contributed by atoms with van der Waals surface area (Å²) >= 11 is 0. The second-order valence-corrected chi connectivity index (χ2v) is 3.21. The van der Waals surface area contributed by atoms with Gasteiger partial charge in [0.2, 0.25) is 0 Å². The van der Waals surface area contributed by atoms with Crippen LogP contribution in [0.15, 0.2) is 18.3 Å². The van der Waals surface area contributed by atoms with Crippen molar-refractivity contribution in [3.63, 3.8) is 0 Å². The molecule has 72 valence electrons. The average Bonchev–Trinajstić information content (AvgIpc) is 2.16. The van der Waals surface area contributed by atoms with E-state index in [4.69, 9.17) is 10.8 Å². The van der Waals surface area contributed by atoms with E-state index >= 15 is 0 Å². The predicted molar refractivity (Wildman–Crippen MR) is 52.5 cm³/mol. The van der Waals surface area contributed by atoms with E-state index in [1.165, 1.54) is 0 Å². The van der Waals surface area contributed by atoms with Crippen LogP contribution in [0, 0.1) is 6.92 Å². The van der Waals surface area contributed by atoms with Crippen molar-refractivity contribution in [3.8, 4) is 0 Å². The molecule has 1 unspecified atom stereocenters. The summed E-state index contributed by atoms with van der Waals surface area (Å²) < 4.78 is 0. The highest BCUT2D eigenvalue weighted by Gasteiger charge is 2.09. The Morgan fingerprint density at radius 3 is 2.77 bits per heavy atom. The summed E-state index contributed by atoms with van der Waals surface area (Å²) in [6, 6.07) is 3.99. The maximum Gasteiger partial charge on any atom is 0.0448 e. The minimum absolute atomic E-state index is 0.164. The topological polar surface area (TPSA) is 59.1 Å². The molecule has 1 atom stereocenters. The molecular formula is C10H16N2O. The Bertz CT molecular complexity index is 246. The Labute approximate surface area is 78.6 Å². The summed E-state index contributed by atoms with van der Waals surface area (Å²) in [4.78, 5) is 4.28. The standard InChI is InChI=1S/C10H16N2O/c1-8-2-3-10(12-7-8)9(6-11)4-5-13/h2-3,7,9,13H,4-6,11H2,1H3. The lowest BCUT2D eigenvalue weighted by molar-refractivity contribution is 0.275. The molecule has 13 heavy (non-hydrogen) atoms. The number of nitrogens with two attached hydrogens (primary N) is 1. The minimum Gasteiger partial charge on any atom is -0.396 e. The Balaban J connectivity index is 2.73. The van der Waals surface area contributed by atoms with E-state index in [1.807, 2.05) is 25.3 Å². The van der Waals surface area contributed by atoms with E-state index in [2.05, 4.69) is 4.98 Å². The lowest BCUT2D eigenvalue weighted by Gasteiger charge is -2.12. The summed E-state index contributed by atoms with van der Waals surface area (Å²) in [5.74, 6) is 0.186. The molecule has 0 fully saturated rings. The van der Waals surface area contributed by atoms with Gasteiger partial charge in [-0.1, -0.05) is 6.07 Å². The minimum atomic E-state index is 0.164. The van der Waals surface area contributed by atoms with Gasteiger partial charge in [-0.25, -0.2) is 0 Å². The number of pyridine rings is 1. The van der Waals surface area contributed by atoms with E-state index in [0.717, 1.165) is 11.3 Å². The molecule has 0 spiro atoms. The zero-order valence-corrected chi connectivity index (χ0v) is 7.90. The van der Waals surface area contributed by atoms with Gasteiger partial charge in [-0.3, -0.25) is 4.98 Å². The Kier molecular flexibility index (Phi) is 3.86. The third-order valence-corrected chi connectivity index (χ3v) is 2.11. The number of nitrogens with zero attached hydrogens (tertiary/aromatic N) is 1. The van der Waals surface area contributed by atoms with Gasteiger partial charge in [-0.05, 0) is 25.0 Å². The van der Waals surface area contributed by atoms with Crippen molar-refractivity contribution in [1.29, 1.82) is 0 Å². The fourth-order valence-electron chi connectivity index (χ4n) is 1.26. The van der Waals surface area contributed by atoms with E-state index in [1.54, 1.807) is 0 Å². The number of aliphatic hydroxyl groups is 1. The van der Waals surface area contributed by atoms with Crippen LogP contribution in [0.2, 0.25) is 0 Å². The molecule has 1 aromatic rings. The number of hydrogen-bond donors (Lipinski definition) is 2. The third-order valence-electron chi connectivity index (χ3n) is 2.11. The highest BCUT2D eigenvalue weighted by atomic mass is 16.3. The second-order valence-electron chi connectivity index (χ2n) is 3.21. The number of rotatable bonds is 4. The van der Waals surface area contributed by atoms with Gasteiger partial charge in [0.1, 0.15) is 0 Å². The van der Waals surface area contributed by atoms with E-state index in [9.17, 15) is 0 Å². The van der Waals surface area contributed by atoms with Crippen molar-refractivity contribution >= 4 is 0 Å². The summed E-state index contributed by atoms with van der Waals surface area (Å²) in [6.07, 6.45) is 2.52. The van der Waals surface area contributed by atoms with Crippen LogP contribution in [-0.4, -0.2) is 23.2 Å². The van der Waals surface area contributed by atoms with Crippen molar-refractivity contribution in [2.45, 2.75) is 19.3 Å². The molecule has 1 aromatic heterocycles. The molecule has 0 aromatic carbocycles. The van der Waals surface area contributed by atoms with Crippen LogP contribution in [0.3, 0.4) is 0 Å². The normalized spacial score (nSPS) is 12.8. The summed E-state index contributed by atoms with van der Waals surface area (Å²) in [6.45, 7) is 2.70. The molecular weight excluding hydrogens is 164 g/mol. The maximum absolute atomic E-state index is 8.80. The zero-order valence-electron chi connectivity index (χ0n) is 7.90.